The Bertz CT molecular complexity index is 512. The molecule has 2 saturated carbocycles. The second-order valence-corrected chi connectivity index (χ2v) is 10.7. The molecular weight excluding hydrogens is 433 g/mol. The summed E-state index contributed by atoms with van der Waals surface area (Å²) >= 11 is 0. The van der Waals surface area contributed by atoms with Gasteiger partial charge in [0, 0.05) is 0 Å². The molecule has 2 fully saturated rings. The zero-order valence-electron chi connectivity index (χ0n) is 17.4. The third kappa shape index (κ3) is 7.70. The van der Waals surface area contributed by atoms with Crippen molar-refractivity contribution in [3.05, 3.63) is 0 Å². The topological polar surface area (TPSA) is 35.5 Å². The van der Waals surface area contributed by atoms with E-state index in [1.165, 1.54) is 0 Å². The molecule has 0 spiro atoms. The van der Waals surface area contributed by atoms with Crippen LogP contribution in [0.25, 0.3) is 0 Å². The van der Waals surface area contributed by atoms with Crippen LogP contribution in [0.1, 0.15) is 84.0 Å². The van der Waals surface area contributed by atoms with E-state index in [9.17, 15) is 30.9 Å². The van der Waals surface area contributed by atoms with Gasteiger partial charge in [-0.1, -0.05) is 51.9 Å². The first-order chi connectivity index (χ1) is 14.0. The molecule has 0 aliphatic heterocycles. The Morgan fingerprint density at radius 3 is 1.43 bits per heavy atom. The second kappa shape index (κ2) is 11.0. The summed E-state index contributed by atoms with van der Waals surface area (Å²) in [5, 5.41) is 0. The van der Waals surface area contributed by atoms with Crippen LogP contribution in [0, 0.1) is 11.8 Å². The van der Waals surface area contributed by atoms with Crippen LogP contribution < -0.4 is 0 Å². The largest absolute Gasteiger partial charge is 0.415 e. The number of unbranched alkanes of at least 4 members (excludes halogenated alkanes) is 1. The van der Waals surface area contributed by atoms with E-state index in [-0.39, 0.29) is 32.1 Å². The Morgan fingerprint density at radius 2 is 1.13 bits per heavy atom. The highest BCUT2D eigenvalue weighted by molar-refractivity contribution is 7.53. The monoisotopic (exact) mass is 466 g/mol. The number of alkyl halides is 6. The average molecular weight is 466 g/mol. The van der Waals surface area contributed by atoms with Crippen LogP contribution in [-0.4, -0.2) is 30.7 Å². The van der Waals surface area contributed by atoms with Crippen molar-refractivity contribution in [1.29, 1.82) is 0 Å². The second-order valence-electron chi connectivity index (χ2n) is 8.62. The van der Waals surface area contributed by atoms with Crippen LogP contribution in [0.2, 0.25) is 0 Å². The number of rotatable bonds is 9. The molecule has 0 amide bonds. The molecule has 2 aliphatic rings. The lowest BCUT2D eigenvalue weighted by atomic mass is 9.85. The molecule has 0 aromatic rings. The van der Waals surface area contributed by atoms with Gasteiger partial charge in [-0.05, 0) is 43.9 Å². The lowest BCUT2D eigenvalue weighted by molar-refractivity contribution is -0.229. The highest BCUT2D eigenvalue weighted by Crippen LogP contribution is 2.57. The average Bonchev–Trinajstić information content (AvgIpc) is 2.69. The third-order valence-corrected chi connectivity index (χ3v) is 8.10. The van der Waals surface area contributed by atoms with E-state index in [0.717, 1.165) is 12.8 Å². The lowest BCUT2D eigenvalue weighted by Gasteiger charge is -2.37. The summed E-state index contributed by atoms with van der Waals surface area (Å²) in [6, 6.07) is 0. The minimum atomic E-state index is -4.81. The summed E-state index contributed by atoms with van der Waals surface area (Å²) < 4.78 is 106. The van der Waals surface area contributed by atoms with Crippen LogP contribution in [0.3, 0.4) is 0 Å². The molecule has 30 heavy (non-hydrogen) atoms. The Morgan fingerprint density at radius 1 is 0.767 bits per heavy atom. The van der Waals surface area contributed by atoms with Crippen molar-refractivity contribution in [3.63, 3.8) is 0 Å². The summed E-state index contributed by atoms with van der Waals surface area (Å²) in [5.74, 6) is -1.81. The van der Waals surface area contributed by atoms with E-state index in [1.54, 1.807) is 6.92 Å². The fourth-order valence-electron chi connectivity index (χ4n) is 4.53. The van der Waals surface area contributed by atoms with E-state index in [2.05, 4.69) is 0 Å². The van der Waals surface area contributed by atoms with Gasteiger partial charge in [0.15, 0.2) is 12.2 Å². The third-order valence-electron chi connectivity index (χ3n) is 6.14. The number of hydrogen-bond acceptors (Lipinski definition) is 3. The molecule has 0 heterocycles. The molecule has 2 unspecified atom stereocenters. The van der Waals surface area contributed by atoms with Crippen LogP contribution in [-0.2, 0) is 13.6 Å². The van der Waals surface area contributed by atoms with Gasteiger partial charge in [0.25, 0.3) is 0 Å². The molecule has 3 nitrogen and oxygen atoms in total. The first kappa shape index (κ1) is 26.0. The van der Waals surface area contributed by atoms with Crippen molar-refractivity contribution in [2.24, 2.45) is 11.8 Å². The maximum absolute atomic E-state index is 13.8. The SMILES string of the molecule is CCCCP(=O)(OC(C1CCCCC1)C(F)(F)F)OC(C1CCCCC1)C(F)(F)F. The smallest absolute Gasteiger partial charge is 0.295 e. The van der Waals surface area contributed by atoms with E-state index in [4.69, 9.17) is 9.05 Å². The van der Waals surface area contributed by atoms with E-state index in [1.807, 2.05) is 0 Å². The molecule has 2 atom stereocenters. The standard InChI is InChI=1S/C20H33F6O3P/c1-2-3-14-30(27,28-17(19(21,22)23)15-10-6-4-7-11-15)29-18(20(24,25)26)16-12-8-5-9-13-16/h15-18H,2-14H2,1H3. The zero-order valence-corrected chi connectivity index (χ0v) is 18.3. The molecule has 10 heteroatoms. The fourth-order valence-corrected chi connectivity index (χ4v) is 6.77. The zero-order chi connectivity index (χ0) is 22.4. The van der Waals surface area contributed by atoms with Crippen molar-refractivity contribution in [1.82, 2.24) is 0 Å². The van der Waals surface area contributed by atoms with Gasteiger partial charge in [0.2, 0.25) is 0 Å². The van der Waals surface area contributed by atoms with Gasteiger partial charge in [0.05, 0.1) is 6.16 Å². The van der Waals surface area contributed by atoms with Crippen molar-refractivity contribution in [2.75, 3.05) is 6.16 Å². The van der Waals surface area contributed by atoms with Gasteiger partial charge in [-0.25, -0.2) is 0 Å². The number of hydrogen-bond donors (Lipinski definition) is 0. The van der Waals surface area contributed by atoms with Crippen LogP contribution in [0.5, 0.6) is 0 Å². The van der Waals surface area contributed by atoms with Gasteiger partial charge >= 0.3 is 19.9 Å². The van der Waals surface area contributed by atoms with Gasteiger partial charge < -0.3 is 0 Å². The summed E-state index contributed by atoms with van der Waals surface area (Å²) in [5.41, 5.74) is 0. The molecular formula is C20H33F6O3P. The van der Waals surface area contributed by atoms with Crippen molar-refractivity contribution < 1.29 is 40.0 Å². The highest BCUT2D eigenvalue weighted by atomic mass is 31.2. The Balaban J connectivity index is 2.27. The number of halogens is 6. The van der Waals surface area contributed by atoms with Crippen LogP contribution in [0.4, 0.5) is 26.3 Å². The van der Waals surface area contributed by atoms with E-state index >= 15 is 0 Å². The summed E-state index contributed by atoms with van der Waals surface area (Å²) in [7, 11) is -4.61. The predicted molar refractivity (Wildman–Crippen MR) is 102 cm³/mol. The van der Waals surface area contributed by atoms with Crippen molar-refractivity contribution >= 4 is 7.60 Å². The molecule has 2 rings (SSSR count). The van der Waals surface area contributed by atoms with Crippen LogP contribution >= 0.6 is 7.60 Å². The van der Waals surface area contributed by atoms with E-state index in [0.29, 0.717) is 32.1 Å². The Hall–Kier alpha value is -0.270. The van der Waals surface area contributed by atoms with Gasteiger partial charge in [-0.3, -0.25) is 13.6 Å². The fraction of sp³-hybridized carbons (Fsp3) is 1.00. The molecule has 0 aromatic carbocycles. The summed E-state index contributed by atoms with van der Waals surface area (Å²) in [6.45, 7) is 1.72. The summed E-state index contributed by atoms with van der Waals surface area (Å²) in [4.78, 5) is 0. The summed E-state index contributed by atoms with van der Waals surface area (Å²) in [6.07, 6.45) is -9.17. The Kier molecular flexibility index (Phi) is 9.56. The molecule has 2 aliphatic carbocycles. The molecule has 0 aromatic heterocycles. The quantitative estimate of drug-likeness (QED) is 0.255. The first-order valence-electron chi connectivity index (χ1n) is 11.1. The Labute approximate surface area is 174 Å². The first-order valence-corrected chi connectivity index (χ1v) is 12.8. The predicted octanol–water partition coefficient (Wildman–Crippen LogP) is 8.04. The molecule has 0 N–H and O–H groups in total. The van der Waals surface area contributed by atoms with Crippen molar-refractivity contribution in [3.8, 4) is 0 Å². The lowest BCUT2D eigenvalue weighted by Crippen LogP contribution is -2.42. The normalized spacial score (nSPS) is 24.4. The van der Waals surface area contributed by atoms with Crippen molar-refractivity contribution in [2.45, 2.75) is 109 Å². The maximum atomic E-state index is 13.8. The van der Waals surface area contributed by atoms with Gasteiger partial charge in [-0.15, -0.1) is 0 Å². The molecule has 0 saturated heterocycles. The van der Waals surface area contributed by atoms with Gasteiger partial charge in [0.1, 0.15) is 0 Å². The minimum absolute atomic E-state index is 0.168. The minimum Gasteiger partial charge on any atom is -0.295 e. The van der Waals surface area contributed by atoms with E-state index < -0.39 is 50.2 Å². The molecule has 0 bridgehead atoms. The molecule has 178 valence electrons. The maximum Gasteiger partial charge on any atom is 0.415 e. The highest BCUT2D eigenvalue weighted by Gasteiger charge is 2.53. The van der Waals surface area contributed by atoms with Gasteiger partial charge in [-0.2, -0.15) is 26.3 Å². The molecule has 0 radical (unpaired) electrons. The van der Waals surface area contributed by atoms with Crippen LogP contribution in [0.15, 0.2) is 0 Å².